The molecule has 3 aromatic rings. The molecule has 0 spiro atoms. The van der Waals surface area contributed by atoms with Gasteiger partial charge < -0.3 is 4.84 Å². The highest BCUT2D eigenvalue weighted by Crippen LogP contribution is 2.23. The van der Waals surface area contributed by atoms with E-state index < -0.39 is 28.9 Å². The van der Waals surface area contributed by atoms with Gasteiger partial charge in [0.1, 0.15) is 0 Å². The molecule has 8 heteroatoms. The molecule has 27 heavy (non-hydrogen) atoms. The van der Waals surface area contributed by atoms with Crippen LogP contribution in [0.1, 0.15) is 38.1 Å². The molecule has 0 atom stereocenters. The standard InChI is InChI=1S/C19H13N3O5/c1-2-21-14-10-6-5-9-13(14)16(23)15(20-21)19(26)27-22-17(24)11-7-3-4-8-12(11)18(22)25/h3-10H,2H2,1H3. The van der Waals surface area contributed by atoms with Gasteiger partial charge in [0, 0.05) is 11.9 Å². The molecule has 8 nitrogen and oxygen atoms in total. The van der Waals surface area contributed by atoms with Gasteiger partial charge in [-0.15, -0.1) is 0 Å². The Bertz CT molecular complexity index is 1150. The SMILES string of the molecule is CCn1nc(C(=O)ON2C(=O)c3ccccc3C2=O)c(=O)c2ccccc21. The summed E-state index contributed by atoms with van der Waals surface area (Å²) in [5, 5.41) is 4.70. The average Bonchev–Trinajstić information content (AvgIpc) is 2.93. The number of amides is 2. The number of carbonyl (C=O) groups excluding carboxylic acids is 3. The number of carbonyl (C=O) groups is 3. The predicted molar refractivity (Wildman–Crippen MR) is 94.0 cm³/mol. The van der Waals surface area contributed by atoms with Crippen LogP contribution in [0.3, 0.4) is 0 Å². The Kier molecular flexibility index (Phi) is 3.80. The highest BCUT2D eigenvalue weighted by atomic mass is 16.7. The first-order valence-corrected chi connectivity index (χ1v) is 8.23. The van der Waals surface area contributed by atoms with E-state index in [-0.39, 0.29) is 11.1 Å². The fourth-order valence-electron chi connectivity index (χ4n) is 2.99. The van der Waals surface area contributed by atoms with E-state index >= 15 is 0 Å². The van der Waals surface area contributed by atoms with Gasteiger partial charge in [0.15, 0.2) is 0 Å². The molecule has 2 aromatic carbocycles. The summed E-state index contributed by atoms with van der Waals surface area (Å²) in [5.74, 6) is -2.69. The Morgan fingerprint density at radius 2 is 1.56 bits per heavy atom. The van der Waals surface area contributed by atoms with Gasteiger partial charge in [-0.2, -0.15) is 5.10 Å². The molecule has 134 valence electrons. The third-order valence-corrected chi connectivity index (χ3v) is 4.29. The van der Waals surface area contributed by atoms with Crippen LogP contribution in [0.2, 0.25) is 0 Å². The maximum absolute atomic E-state index is 12.6. The number of para-hydroxylation sites is 1. The molecule has 1 aromatic heterocycles. The number of rotatable bonds is 3. The van der Waals surface area contributed by atoms with Crippen molar-refractivity contribution in [3.05, 3.63) is 75.6 Å². The van der Waals surface area contributed by atoms with Gasteiger partial charge in [-0.25, -0.2) is 4.79 Å². The highest BCUT2D eigenvalue weighted by Gasteiger charge is 2.39. The van der Waals surface area contributed by atoms with E-state index in [1.54, 1.807) is 36.4 Å². The number of hydroxylamine groups is 2. The first-order chi connectivity index (χ1) is 13.0. The summed E-state index contributed by atoms with van der Waals surface area (Å²) in [6, 6.07) is 12.8. The Morgan fingerprint density at radius 3 is 2.19 bits per heavy atom. The zero-order valence-corrected chi connectivity index (χ0v) is 14.2. The topological polar surface area (TPSA) is 98.6 Å². The van der Waals surface area contributed by atoms with Crippen molar-refractivity contribution < 1.29 is 19.2 Å². The zero-order valence-electron chi connectivity index (χ0n) is 14.2. The number of imide groups is 1. The monoisotopic (exact) mass is 363 g/mol. The molecule has 0 aliphatic carbocycles. The van der Waals surface area contributed by atoms with Crippen molar-refractivity contribution in [1.82, 2.24) is 14.8 Å². The highest BCUT2D eigenvalue weighted by molar-refractivity contribution is 6.21. The maximum Gasteiger partial charge on any atom is 0.388 e. The molecule has 0 saturated carbocycles. The third-order valence-electron chi connectivity index (χ3n) is 4.29. The average molecular weight is 363 g/mol. The van der Waals surface area contributed by atoms with Crippen LogP contribution in [0, 0.1) is 0 Å². The number of aryl methyl sites for hydroxylation is 1. The molecule has 0 fully saturated rings. The largest absolute Gasteiger partial charge is 0.388 e. The van der Waals surface area contributed by atoms with Gasteiger partial charge in [-0.1, -0.05) is 29.3 Å². The van der Waals surface area contributed by atoms with Crippen LogP contribution in [0.5, 0.6) is 0 Å². The Morgan fingerprint density at radius 1 is 0.963 bits per heavy atom. The summed E-state index contributed by atoms with van der Waals surface area (Å²) in [6.45, 7) is 2.22. The molecular formula is C19H13N3O5. The fraction of sp³-hybridized carbons (Fsp3) is 0.105. The van der Waals surface area contributed by atoms with Crippen LogP contribution in [0.25, 0.3) is 10.9 Å². The molecule has 1 aliphatic rings. The first kappa shape index (κ1) is 16.6. The van der Waals surface area contributed by atoms with Gasteiger partial charge in [-0.05, 0) is 31.2 Å². The van der Waals surface area contributed by atoms with Crippen molar-refractivity contribution in [1.29, 1.82) is 0 Å². The van der Waals surface area contributed by atoms with Crippen LogP contribution in [0.4, 0.5) is 0 Å². The van der Waals surface area contributed by atoms with Crippen LogP contribution in [0.15, 0.2) is 53.3 Å². The smallest absolute Gasteiger partial charge is 0.322 e. The minimum Gasteiger partial charge on any atom is -0.322 e. The van der Waals surface area contributed by atoms with Crippen LogP contribution < -0.4 is 5.43 Å². The summed E-state index contributed by atoms with van der Waals surface area (Å²) >= 11 is 0. The van der Waals surface area contributed by atoms with E-state index in [1.807, 2.05) is 6.92 Å². The van der Waals surface area contributed by atoms with Crippen LogP contribution in [-0.2, 0) is 11.4 Å². The Labute approximate surface area is 152 Å². The van der Waals surface area contributed by atoms with Crippen molar-refractivity contribution in [3.8, 4) is 0 Å². The lowest BCUT2D eigenvalue weighted by Gasteiger charge is -2.13. The van der Waals surface area contributed by atoms with E-state index in [2.05, 4.69) is 5.10 Å². The normalized spacial score (nSPS) is 13.1. The molecule has 0 unspecified atom stereocenters. The van der Waals surface area contributed by atoms with Gasteiger partial charge in [0.2, 0.25) is 11.1 Å². The minimum atomic E-state index is -1.16. The molecule has 2 heterocycles. The Balaban J connectivity index is 1.73. The van der Waals surface area contributed by atoms with Gasteiger partial charge in [-0.3, -0.25) is 19.1 Å². The number of benzene rings is 2. The molecule has 1 aliphatic heterocycles. The van der Waals surface area contributed by atoms with E-state index in [9.17, 15) is 19.2 Å². The van der Waals surface area contributed by atoms with E-state index in [4.69, 9.17) is 4.84 Å². The number of fused-ring (bicyclic) bond motifs is 2. The van der Waals surface area contributed by atoms with E-state index in [0.717, 1.165) is 0 Å². The summed E-state index contributed by atoms with van der Waals surface area (Å²) in [6.07, 6.45) is 0. The molecule has 0 radical (unpaired) electrons. The number of hydrogen-bond donors (Lipinski definition) is 0. The maximum atomic E-state index is 12.6. The second-order valence-electron chi connectivity index (χ2n) is 5.84. The van der Waals surface area contributed by atoms with Crippen LogP contribution in [-0.4, -0.2) is 32.6 Å². The third kappa shape index (κ3) is 2.50. The summed E-state index contributed by atoms with van der Waals surface area (Å²) in [7, 11) is 0. The van der Waals surface area contributed by atoms with Gasteiger partial charge in [0.25, 0.3) is 11.8 Å². The van der Waals surface area contributed by atoms with Crippen molar-refractivity contribution in [2.24, 2.45) is 0 Å². The lowest BCUT2D eigenvalue weighted by atomic mass is 10.1. The van der Waals surface area contributed by atoms with Crippen molar-refractivity contribution >= 4 is 28.7 Å². The number of hydrogen-bond acceptors (Lipinski definition) is 6. The van der Waals surface area contributed by atoms with Gasteiger partial charge >= 0.3 is 5.97 Å². The minimum absolute atomic E-state index is 0.132. The summed E-state index contributed by atoms with van der Waals surface area (Å²) < 4.78 is 1.48. The molecule has 0 bridgehead atoms. The lowest BCUT2D eigenvalue weighted by Crippen LogP contribution is -2.35. The van der Waals surface area contributed by atoms with Crippen LogP contribution >= 0.6 is 0 Å². The molecule has 2 amide bonds. The van der Waals surface area contributed by atoms with Crippen molar-refractivity contribution in [3.63, 3.8) is 0 Å². The molecule has 4 rings (SSSR count). The number of aromatic nitrogens is 2. The summed E-state index contributed by atoms with van der Waals surface area (Å²) in [5.41, 5.74) is -0.285. The summed E-state index contributed by atoms with van der Waals surface area (Å²) in [4.78, 5) is 54.7. The number of nitrogens with zero attached hydrogens (tertiary/aromatic N) is 3. The Hall–Kier alpha value is -3.81. The zero-order chi connectivity index (χ0) is 19.1. The first-order valence-electron chi connectivity index (χ1n) is 8.23. The predicted octanol–water partition coefficient (Wildman–Crippen LogP) is 1.78. The molecular weight excluding hydrogens is 350 g/mol. The molecule has 0 N–H and O–H groups in total. The molecule has 0 saturated heterocycles. The van der Waals surface area contributed by atoms with Crippen molar-refractivity contribution in [2.75, 3.05) is 0 Å². The van der Waals surface area contributed by atoms with E-state index in [0.29, 0.717) is 22.5 Å². The fourth-order valence-corrected chi connectivity index (χ4v) is 2.99. The second-order valence-corrected chi connectivity index (χ2v) is 5.84. The van der Waals surface area contributed by atoms with Gasteiger partial charge in [0.05, 0.1) is 16.6 Å². The quantitative estimate of drug-likeness (QED) is 0.658. The van der Waals surface area contributed by atoms with Crippen molar-refractivity contribution in [2.45, 2.75) is 13.5 Å². The lowest BCUT2D eigenvalue weighted by molar-refractivity contribution is -0.0590. The van der Waals surface area contributed by atoms with E-state index in [1.165, 1.54) is 16.8 Å². The second kappa shape index (κ2) is 6.17.